The van der Waals surface area contributed by atoms with E-state index in [4.69, 9.17) is 11.6 Å². The first-order valence-electron chi connectivity index (χ1n) is 12.9. The Morgan fingerprint density at radius 2 is 2.07 bits per heavy atom. The summed E-state index contributed by atoms with van der Waals surface area (Å²) < 4.78 is 16.4. The van der Waals surface area contributed by atoms with Crippen LogP contribution in [0.4, 0.5) is 15.9 Å². The molecule has 0 radical (unpaired) electrons. The van der Waals surface area contributed by atoms with E-state index in [1.807, 2.05) is 26.0 Å². The number of nitriles is 1. The minimum Gasteiger partial charge on any atom is -0.318 e. The van der Waals surface area contributed by atoms with E-state index in [1.165, 1.54) is 24.5 Å². The monoisotopic (exact) mass is 571 g/mol. The van der Waals surface area contributed by atoms with Crippen LogP contribution < -0.4 is 10.2 Å². The van der Waals surface area contributed by atoms with E-state index in [-0.39, 0.29) is 45.4 Å². The molecule has 206 valence electrons. The molecule has 0 unspecified atom stereocenters. The zero-order valence-electron chi connectivity index (χ0n) is 22.3. The van der Waals surface area contributed by atoms with Crippen LogP contribution in [0.1, 0.15) is 52.4 Å². The number of amides is 2. The normalized spacial score (nSPS) is 18.1. The Labute approximate surface area is 239 Å². The van der Waals surface area contributed by atoms with Crippen LogP contribution in [0.15, 0.2) is 36.8 Å². The van der Waals surface area contributed by atoms with E-state index < -0.39 is 11.7 Å². The smallest absolute Gasteiger partial charge is 0.276 e. The van der Waals surface area contributed by atoms with Gasteiger partial charge >= 0.3 is 0 Å². The van der Waals surface area contributed by atoms with Gasteiger partial charge in [0.15, 0.2) is 11.6 Å². The first-order chi connectivity index (χ1) is 19.7. The van der Waals surface area contributed by atoms with Crippen LogP contribution in [0.25, 0.3) is 11.3 Å². The minimum absolute atomic E-state index is 0.00617. The predicted molar refractivity (Wildman–Crippen MR) is 147 cm³/mol. The molecule has 1 aromatic carbocycles. The highest BCUT2D eigenvalue weighted by atomic mass is 35.5. The van der Waals surface area contributed by atoms with Crippen molar-refractivity contribution < 1.29 is 14.0 Å². The second kappa shape index (κ2) is 10.0. The molecular weight excluding hydrogens is 549 g/mol. The number of halogens is 2. The van der Waals surface area contributed by atoms with Crippen molar-refractivity contribution in [2.24, 2.45) is 11.8 Å². The average molecular weight is 572 g/mol. The number of piperidine rings is 1. The van der Waals surface area contributed by atoms with Crippen LogP contribution in [-0.4, -0.2) is 48.3 Å². The van der Waals surface area contributed by atoms with Crippen LogP contribution in [0.3, 0.4) is 0 Å². The SMILES string of the molecule is Cc1cc([C@H](C)n2cc(NC(=O)c3nc(-c4c(C#N)ccc(Cl)c4F)cnc3C)cn2)nnc1N1C[C@H]2C[C@H]2C1=O. The summed E-state index contributed by atoms with van der Waals surface area (Å²) in [5.74, 6) is -0.124. The van der Waals surface area contributed by atoms with Crippen molar-refractivity contribution in [2.45, 2.75) is 33.2 Å². The van der Waals surface area contributed by atoms with Gasteiger partial charge in [-0.25, -0.2) is 9.37 Å². The van der Waals surface area contributed by atoms with Gasteiger partial charge in [0.1, 0.15) is 5.69 Å². The van der Waals surface area contributed by atoms with Crippen molar-refractivity contribution in [3.8, 4) is 17.3 Å². The molecule has 2 fully saturated rings. The number of fused-ring (bicyclic) bond motifs is 1. The van der Waals surface area contributed by atoms with E-state index >= 15 is 0 Å². The second-order valence-corrected chi connectivity index (χ2v) is 10.7. The van der Waals surface area contributed by atoms with E-state index in [0.29, 0.717) is 35.4 Å². The molecule has 13 heteroatoms. The minimum atomic E-state index is -0.819. The van der Waals surface area contributed by atoms with Gasteiger partial charge in [-0.05, 0) is 56.9 Å². The Balaban J connectivity index is 1.20. The maximum atomic E-state index is 14.8. The average Bonchev–Trinajstić information content (AvgIpc) is 3.46. The van der Waals surface area contributed by atoms with Crippen molar-refractivity contribution in [3.63, 3.8) is 0 Å². The molecule has 4 aromatic rings. The summed E-state index contributed by atoms with van der Waals surface area (Å²) in [5, 5.41) is 25.1. The van der Waals surface area contributed by atoms with Crippen LogP contribution in [0.5, 0.6) is 0 Å². The number of carbonyl (C=O) groups excluding carboxylic acids is 2. The lowest BCUT2D eigenvalue weighted by Gasteiger charge is -2.20. The van der Waals surface area contributed by atoms with E-state index in [0.717, 1.165) is 12.0 Å². The molecule has 4 heterocycles. The van der Waals surface area contributed by atoms with Crippen LogP contribution in [0, 0.1) is 42.8 Å². The molecule has 1 aliphatic carbocycles. The number of nitrogens with one attached hydrogen (secondary N) is 1. The molecule has 0 bridgehead atoms. The molecule has 41 heavy (non-hydrogen) atoms. The van der Waals surface area contributed by atoms with Crippen LogP contribution in [-0.2, 0) is 4.79 Å². The lowest BCUT2D eigenvalue weighted by atomic mass is 10.0. The highest BCUT2D eigenvalue weighted by Gasteiger charge is 2.53. The number of aryl methyl sites for hydroxylation is 2. The topological polar surface area (TPSA) is 143 Å². The molecular formula is C28H23ClFN9O2. The van der Waals surface area contributed by atoms with E-state index in [9.17, 15) is 19.2 Å². The number of hydrogen-bond donors (Lipinski definition) is 1. The summed E-state index contributed by atoms with van der Waals surface area (Å²) in [7, 11) is 0. The number of nitrogens with zero attached hydrogens (tertiary/aromatic N) is 8. The molecule has 6 rings (SSSR count). The zero-order chi connectivity index (χ0) is 29.0. The Kier molecular flexibility index (Phi) is 6.46. The number of anilines is 2. The van der Waals surface area contributed by atoms with Crippen LogP contribution in [0.2, 0.25) is 5.02 Å². The largest absolute Gasteiger partial charge is 0.318 e. The van der Waals surface area contributed by atoms with Crippen molar-refractivity contribution in [1.82, 2.24) is 29.9 Å². The summed E-state index contributed by atoms with van der Waals surface area (Å²) in [6, 6.07) is 6.15. The molecule has 1 aliphatic heterocycles. The standard InChI is InChI=1S/C28H23ClFN9O2/c1-13-6-21(36-37-26(13)38-11-17-7-19(17)28(38)41)15(3)39-12-18(9-33-39)34-27(40)25-14(2)32-10-22(35-25)23-16(8-31)4-5-20(29)24(23)30/h4-6,9-10,12,15,17,19H,7,11H2,1-3H3,(H,34,40)/t15-,17+,19+/m0/s1. The third kappa shape index (κ3) is 4.68. The lowest BCUT2D eigenvalue weighted by Crippen LogP contribution is -2.30. The maximum absolute atomic E-state index is 14.8. The molecule has 1 N–H and O–H groups in total. The quantitative estimate of drug-likeness (QED) is 0.362. The van der Waals surface area contributed by atoms with E-state index in [1.54, 1.807) is 22.7 Å². The first kappa shape index (κ1) is 26.5. The summed E-state index contributed by atoms with van der Waals surface area (Å²) in [4.78, 5) is 35.8. The first-order valence-corrected chi connectivity index (χ1v) is 13.3. The van der Waals surface area contributed by atoms with Gasteiger partial charge in [-0.3, -0.25) is 24.2 Å². The number of hydrogen-bond acceptors (Lipinski definition) is 8. The number of carbonyl (C=O) groups is 2. The number of rotatable bonds is 6. The van der Waals surface area contributed by atoms with Crippen molar-refractivity contribution in [1.29, 1.82) is 5.26 Å². The fraction of sp³-hybridized carbons (Fsp3) is 0.286. The van der Waals surface area contributed by atoms with Crippen molar-refractivity contribution in [2.75, 3.05) is 16.8 Å². The summed E-state index contributed by atoms with van der Waals surface area (Å²) >= 11 is 5.92. The number of aromatic nitrogens is 6. The highest BCUT2D eigenvalue weighted by Crippen LogP contribution is 2.47. The van der Waals surface area contributed by atoms with Gasteiger partial charge in [0.25, 0.3) is 5.91 Å². The Bertz CT molecular complexity index is 1780. The predicted octanol–water partition coefficient (Wildman–Crippen LogP) is 4.26. The molecule has 0 spiro atoms. The fourth-order valence-electron chi connectivity index (χ4n) is 5.06. The summed E-state index contributed by atoms with van der Waals surface area (Å²) in [6.45, 7) is 6.08. The van der Waals surface area contributed by atoms with E-state index in [2.05, 4.69) is 30.6 Å². The van der Waals surface area contributed by atoms with Crippen molar-refractivity contribution in [3.05, 3.63) is 75.8 Å². The van der Waals surface area contributed by atoms with Gasteiger partial charge < -0.3 is 5.32 Å². The fourth-order valence-corrected chi connectivity index (χ4v) is 5.21. The Morgan fingerprint density at radius 3 is 2.78 bits per heavy atom. The highest BCUT2D eigenvalue weighted by molar-refractivity contribution is 6.31. The molecule has 2 aliphatic rings. The molecule has 11 nitrogen and oxygen atoms in total. The third-order valence-corrected chi connectivity index (χ3v) is 7.77. The third-order valence-electron chi connectivity index (χ3n) is 7.48. The van der Waals surface area contributed by atoms with Crippen LogP contribution >= 0.6 is 11.6 Å². The molecule has 3 atom stereocenters. The van der Waals surface area contributed by atoms with Gasteiger partial charge in [-0.15, -0.1) is 5.10 Å². The van der Waals surface area contributed by atoms with Crippen molar-refractivity contribution >= 4 is 34.9 Å². The van der Waals surface area contributed by atoms with Gasteiger partial charge in [0.05, 0.1) is 63.4 Å². The van der Waals surface area contributed by atoms with Gasteiger partial charge in [-0.2, -0.15) is 15.5 Å². The molecule has 1 saturated carbocycles. The maximum Gasteiger partial charge on any atom is 0.276 e. The molecule has 3 aromatic heterocycles. The van der Waals surface area contributed by atoms with Gasteiger partial charge in [-0.1, -0.05) is 11.6 Å². The van der Waals surface area contributed by atoms with Gasteiger partial charge in [0.2, 0.25) is 5.91 Å². The second-order valence-electron chi connectivity index (χ2n) is 10.3. The summed E-state index contributed by atoms with van der Waals surface area (Å²) in [5.41, 5.74) is 2.05. The Morgan fingerprint density at radius 1 is 1.27 bits per heavy atom. The summed E-state index contributed by atoms with van der Waals surface area (Å²) in [6.07, 6.45) is 5.38. The number of benzene rings is 1. The zero-order valence-corrected chi connectivity index (χ0v) is 23.0. The Hall–Kier alpha value is -4.76. The molecule has 2 amide bonds. The van der Waals surface area contributed by atoms with Gasteiger partial charge in [0, 0.05) is 18.7 Å². The molecule has 1 saturated heterocycles. The lowest BCUT2D eigenvalue weighted by molar-refractivity contribution is -0.118.